The van der Waals surface area contributed by atoms with E-state index in [-0.39, 0.29) is 4.75 Å². The lowest BCUT2D eigenvalue weighted by molar-refractivity contribution is 0.203. The van der Waals surface area contributed by atoms with Gasteiger partial charge in [0.2, 0.25) is 0 Å². The predicted octanol–water partition coefficient (Wildman–Crippen LogP) is 0.577. The lowest BCUT2D eigenvalue weighted by atomic mass is 9.96. The molecule has 0 aromatic heterocycles. The Kier molecular flexibility index (Phi) is 5.76. The van der Waals surface area contributed by atoms with Gasteiger partial charge in [0.1, 0.15) is 9.84 Å². The fraction of sp³-hybridized carbons (Fsp3) is 1.00. The van der Waals surface area contributed by atoms with Crippen LogP contribution in [-0.4, -0.2) is 62.5 Å². The molecule has 0 radical (unpaired) electrons. The molecule has 2 N–H and O–H groups in total. The summed E-state index contributed by atoms with van der Waals surface area (Å²) in [4.78, 5) is 2.36. The van der Waals surface area contributed by atoms with Gasteiger partial charge in [-0.05, 0) is 45.2 Å². The maximum atomic E-state index is 11.0. The summed E-state index contributed by atoms with van der Waals surface area (Å²) in [5.74, 6) is 0.300. The van der Waals surface area contributed by atoms with Crippen LogP contribution in [0.4, 0.5) is 0 Å². The highest BCUT2D eigenvalue weighted by molar-refractivity contribution is 8.00. The first kappa shape index (κ1) is 15.3. The van der Waals surface area contributed by atoms with Crippen LogP contribution in [0.25, 0.3) is 0 Å². The molecule has 0 amide bonds. The zero-order chi connectivity index (χ0) is 12.9. The van der Waals surface area contributed by atoms with Gasteiger partial charge in [0, 0.05) is 17.5 Å². The molecule has 17 heavy (non-hydrogen) atoms. The van der Waals surface area contributed by atoms with E-state index in [1.807, 2.05) is 11.8 Å². The van der Waals surface area contributed by atoms with Crippen molar-refractivity contribution in [2.75, 3.05) is 44.4 Å². The van der Waals surface area contributed by atoms with E-state index in [2.05, 4.69) is 11.2 Å². The number of likely N-dealkylation sites (tertiary alicyclic amines) is 1. The Morgan fingerprint density at radius 3 is 2.35 bits per heavy atom. The summed E-state index contributed by atoms with van der Waals surface area (Å²) in [6.07, 6.45) is 6.41. The number of rotatable bonds is 6. The van der Waals surface area contributed by atoms with E-state index in [4.69, 9.17) is 5.73 Å². The van der Waals surface area contributed by atoms with Crippen LogP contribution in [0.15, 0.2) is 0 Å². The molecule has 0 aromatic carbocycles. The molecule has 1 aliphatic heterocycles. The van der Waals surface area contributed by atoms with E-state index in [0.717, 1.165) is 45.4 Å². The minimum absolute atomic E-state index is 0.257. The average Bonchev–Trinajstić information content (AvgIpc) is 2.29. The van der Waals surface area contributed by atoms with Gasteiger partial charge in [-0.2, -0.15) is 11.8 Å². The quantitative estimate of drug-likeness (QED) is 0.771. The number of sulfone groups is 1. The van der Waals surface area contributed by atoms with Crippen LogP contribution in [-0.2, 0) is 9.84 Å². The third-order valence-electron chi connectivity index (χ3n) is 3.56. The van der Waals surface area contributed by atoms with Crippen LogP contribution in [0.2, 0.25) is 0 Å². The largest absolute Gasteiger partial charge is 0.329 e. The van der Waals surface area contributed by atoms with Crippen molar-refractivity contribution in [3.63, 3.8) is 0 Å². The Morgan fingerprint density at radius 2 is 1.94 bits per heavy atom. The fourth-order valence-electron chi connectivity index (χ4n) is 2.23. The van der Waals surface area contributed by atoms with Crippen molar-refractivity contribution in [1.29, 1.82) is 0 Å². The molecule has 1 aliphatic rings. The molecule has 0 spiro atoms. The van der Waals surface area contributed by atoms with Crippen molar-refractivity contribution in [3.05, 3.63) is 0 Å². The standard InChI is InChI=1S/C11H24N2O2S2/c1-16-11(10-12)4-7-13(8-5-11)6-3-9-17(2,14)15/h3-10,12H2,1-2H3. The van der Waals surface area contributed by atoms with Gasteiger partial charge in [-0.15, -0.1) is 0 Å². The number of hydrogen-bond donors (Lipinski definition) is 1. The lowest BCUT2D eigenvalue weighted by Crippen LogP contribution is -2.46. The summed E-state index contributed by atoms with van der Waals surface area (Å²) < 4.78 is 22.3. The summed E-state index contributed by atoms with van der Waals surface area (Å²) >= 11 is 1.88. The summed E-state index contributed by atoms with van der Waals surface area (Å²) in [7, 11) is -2.81. The van der Waals surface area contributed by atoms with E-state index < -0.39 is 9.84 Å². The molecule has 102 valence electrons. The highest BCUT2D eigenvalue weighted by atomic mass is 32.2. The van der Waals surface area contributed by atoms with Gasteiger partial charge >= 0.3 is 0 Å². The lowest BCUT2D eigenvalue weighted by Gasteiger charge is -2.40. The second-order valence-electron chi connectivity index (χ2n) is 4.92. The van der Waals surface area contributed by atoms with Gasteiger partial charge < -0.3 is 10.6 Å². The van der Waals surface area contributed by atoms with E-state index in [9.17, 15) is 8.42 Å². The van der Waals surface area contributed by atoms with E-state index in [1.54, 1.807) is 0 Å². The van der Waals surface area contributed by atoms with Gasteiger partial charge in [-0.25, -0.2) is 8.42 Å². The topological polar surface area (TPSA) is 63.4 Å². The SMILES string of the molecule is CSC1(CN)CCN(CCCS(C)(=O)=O)CC1. The van der Waals surface area contributed by atoms with Crippen LogP contribution in [0, 0.1) is 0 Å². The normalized spacial score (nSPS) is 21.6. The van der Waals surface area contributed by atoms with E-state index in [0.29, 0.717) is 5.75 Å². The molecule has 0 unspecified atom stereocenters. The molecule has 6 heteroatoms. The summed E-state index contributed by atoms with van der Waals surface area (Å²) in [5.41, 5.74) is 5.83. The maximum absolute atomic E-state index is 11.0. The van der Waals surface area contributed by atoms with Gasteiger partial charge in [-0.3, -0.25) is 0 Å². The second-order valence-corrected chi connectivity index (χ2v) is 8.45. The van der Waals surface area contributed by atoms with Crippen LogP contribution in [0.1, 0.15) is 19.3 Å². The van der Waals surface area contributed by atoms with Crippen LogP contribution < -0.4 is 5.73 Å². The fourth-order valence-corrected chi connectivity index (χ4v) is 3.64. The first-order valence-electron chi connectivity index (χ1n) is 6.06. The number of nitrogens with two attached hydrogens (primary N) is 1. The minimum Gasteiger partial charge on any atom is -0.329 e. The molecule has 0 aliphatic carbocycles. The molecule has 0 atom stereocenters. The molecule has 0 aromatic rings. The van der Waals surface area contributed by atoms with Crippen molar-refractivity contribution in [2.24, 2.45) is 5.73 Å². The third-order valence-corrected chi connectivity index (χ3v) is 6.03. The Balaban J connectivity index is 2.28. The summed E-state index contributed by atoms with van der Waals surface area (Å²) in [6, 6.07) is 0. The van der Waals surface area contributed by atoms with Crippen molar-refractivity contribution in [1.82, 2.24) is 4.90 Å². The van der Waals surface area contributed by atoms with Crippen molar-refractivity contribution < 1.29 is 8.42 Å². The average molecular weight is 280 g/mol. The van der Waals surface area contributed by atoms with Gasteiger partial charge in [-0.1, -0.05) is 0 Å². The molecular weight excluding hydrogens is 256 g/mol. The molecular formula is C11H24N2O2S2. The molecule has 1 saturated heterocycles. The monoisotopic (exact) mass is 280 g/mol. The van der Waals surface area contributed by atoms with Crippen LogP contribution in [0.5, 0.6) is 0 Å². The van der Waals surface area contributed by atoms with E-state index in [1.165, 1.54) is 6.26 Å². The number of thioether (sulfide) groups is 1. The first-order chi connectivity index (χ1) is 7.91. The maximum Gasteiger partial charge on any atom is 0.147 e. The molecule has 1 fully saturated rings. The Labute approximate surface area is 109 Å². The smallest absolute Gasteiger partial charge is 0.147 e. The summed E-state index contributed by atoms with van der Waals surface area (Å²) in [6.45, 7) is 3.72. The number of piperidine rings is 1. The molecule has 1 heterocycles. The Morgan fingerprint density at radius 1 is 1.35 bits per heavy atom. The first-order valence-corrected chi connectivity index (χ1v) is 9.35. The third kappa shape index (κ3) is 5.16. The Bertz CT molecular complexity index is 316. The minimum atomic E-state index is -2.81. The highest BCUT2D eigenvalue weighted by Crippen LogP contribution is 2.33. The molecule has 4 nitrogen and oxygen atoms in total. The van der Waals surface area contributed by atoms with E-state index >= 15 is 0 Å². The predicted molar refractivity (Wildman–Crippen MR) is 75.3 cm³/mol. The van der Waals surface area contributed by atoms with Crippen molar-refractivity contribution >= 4 is 21.6 Å². The van der Waals surface area contributed by atoms with Gasteiger partial charge in [0.25, 0.3) is 0 Å². The van der Waals surface area contributed by atoms with Crippen molar-refractivity contribution in [2.45, 2.75) is 24.0 Å². The zero-order valence-electron chi connectivity index (χ0n) is 10.8. The number of nitrogens with zero attached hydrogens (tertiary/aromatic N) is 1. The molecule has 0 saturated carbocycles. The van der Waals surface area contributed by atoms with Gasteiger partial charge in [0.15, 0.2) is 0 Å². The number of hydrogen-bond acceptors (Lipinski definition) is 5. The van der Waals surface area contributed by atoms with Crippen LogP contribution in [0.3, 0.4) is 0 Å². The van der Waals surface area contributed by atoms with Crippen LogP contribution >= 0.6 is 11.8 Å². The second kappa shape index (κ2) is 6.41. The zero-order valence-corrected chi connectivity index (χ0v) is 12.4. The van der Waals surface area contributed by atoms with Crippen molar-refractivity contribution in [3.8, 4) is 0 Å². The summed E-state index contributed by atoms with van der Waals surface area (Å²) in [5, 5.41) is 0. The molecule has 0 bridgehead atoms. The van der Waals surface area contributed by atoms with Gasteiger partial charge in [0.05, 0.1) is 5.75 Å². The highest BCUT2D eigenvalue weighted by Gasteiger charge is 2.32. The Hall–Kier alpha value is 0.220. The molecule has 1 rings (SSSR count).